The van der Waals surface area contributed by atoms with E-state index in [1.54, 1.807) is 0 Å². The third kappa shape index (κ3) is 5.73. The van der Waals surface area contributed by atoms with Gasteiger partial charge in [-0.1, -0.05) is 11.6 Å². The van der Waals surface area contributed by atoms with E-state index in [9.17, 15) is 4.79 Å². The molecule has 4 N–H and O–H groups in total. The number of hydrogen-bond donors (Lipinski definition) is 3. The predicted octanol–water partition coefficient (Wildman–Crippen LogP) is 1.96. The van der Waals surface area contributed by atoms with Crippen LogP contribution in [0, 0.1) is 0 Å². The van der Waals surface area contributed by atoms with Crippen molar-refractivity contribution in [2.45, 2.75) is 32.8 Å². The van der Waals surface area contributed by atoms with Crippen LogP contribution < -0.4 is 16.6 Å². The lowest BCUT2D eigenvalue weighted by Gasteiger charge is -2.08. The first kappa shape index (κ1) is 16.7. The fourth-order valence-electron chi connectivity index (χ4n) is 1.52. The molecule has 1 aromatic rings. The van der Waals surface area contributed by atoms with Crippen molar-refractivity contribution in [1.29, 1.82) is 0 Å². The summed E-state index contributed by atoms with van der Waals surface area (Å²) in [4.78, 5) is 15.8. The van der Waals surface area contributed by atoms with Crippen molar-refractivity contribution in [3.63, 3.8) is 0 Å². The first-order valence-corrected chi connectivity index (χ1v) is 6.94. The Morgan fingerprint density at radius 2 is 2.25 bits per heavy atom. The van der Waals surface area contributed by atoms with Crippen molar-refractivity contribution in [1.82, 2.24) is 10.3 Å². The number of nitrogens with zero attached hydrogens (tertiary/aromatic N) is 1. The lowest BCUT2D eigenvalue weighted by Crippen LogP contribution is -2.25. The van der Waals surface area contributed by atoms with Crippen molar-refractivity contribution in [2.24, 2.45) is 5.84 Å². The number of ether oxygens (including phenoxy) is 1. The highest BCUT2D eigenvalue weighted by molar-refractivity contribution is 6.33. The SMILES string of the molecule is CC(C)OCCCCNC(=O)c1cnc(NN)c(Cl)c1. The highest BCUT2D eigenvalue weighted by atomic mass is 35.5. The Labute approximate surface area is 124 Å². The quantitative estimate of drug-likeness (QED) is 0.388. The average molecular weight is 301 g/mol. The van der Waals surface area contributed by atoms with Crippen LogP contribution in [0.5, 0.6) is 0 Å². The average Bonchev–Trinajstić information content (AvgIpc) is 2.42. The van der Waals surface area contributed by atoms with Gasteiger partial charge in [0.15, 0.2) is 5.82 Å². The minimum absolute atomic E-state index is 0.201. The number of nitrogens with two attached hydrogens (primary N) is 1. The molecule has 20 heavy (non-hydrogen) atoms. The summed E-state index contributed by atoms with van der Waals surface area (Å²) in [6.45, 7) is 5.29. The molecular formula is C13H21ClN4O2. The van der Waals surface area contributed by atoms with Gasteiger partial charge in [0.2, 0.25) is 0 Å². The molecule has 0 atom stereocenters. The Kier molecular flexibility index (Phi) is 7.28. The largest absolute Gasteiger partial charge is 0.379 e. The van der Waals surface area contributed by atoms with E-state index < -0.39 is 0 Å². The molecule has 1 aromatic heterocycles. The van der Waals surface area contributed by atoms with Crippen molar-refractivity contribution < 1.29 is 9.53 Å². The number of nitrogen functional groups attached to an aromatic ring is 1. The molecule has 0 spiro atoms. The lowest BCUT2D eigenvalue weighted by molar-refractivity contribution is 0.0754. The van der Waals surface area contributed by atoms with E-state index in [1.807, 2.05) is 13.8 Å². The highest BCUT2D eigenvalue weighted by Gasteiger charge is 2.08. The Hall–Kier alpha value is -1.37. The maximum Gasteiger partial charge on any atom is 0.252 e. The second kappa shape index (κ2) is 8.73. The second-order valence-corrected chi connectivity index (χ2v) is 4.99. The number of hydrazine groups is 1. The molecule has 0 fully saturated rings. The molecule has 0 radical (unpaired) electrons. The Morgan fingerprint density at radius 3 is 2.85 bits per heavy atom. The van der Waals surface area contributed by atoms with Crippen molar-refractivity contribution in [3.8, 4) is 0 Å². The number of carbonyl (C=O) groups is 1. The number of nitrogens with one attached hydrogen (secondary N) is 2. The zero-order valence-corrected chi connectivity index (χ0v) is 12.5. The topological polar surface area (TPSA) is 89.3 Å². The number of unbranched alkanes of at least 4 members (excludes halogenated alkanes) is 1. The minimum Gasteiger partial charge on any atom is -0.379 e. The monoisotopic (exact) mass is 300 g/mol. The first-order chi connectivity index (χ1) is 9.54. The van der Waals surface area contributed by atoms with Crippen LogP contribution in [0.3, 0.4) is 0 Å². The van der Waals surface area contributed by atoms with Crippen molar-refractivity contribution in [2.75, 3.05) is 18.6 Å². The van der Waals surface area contributed by atoms with Gasteiger partial charge in [-0.2, -0.15) is 0 Å². The van der Waals surface area contributed by atoms with Gasteiger partial charge in [0.05, 0.1) is 16.7 Å². The third-order valence-electron chi connectivity index (χ3n) is 2.55. The zero-order valence-electron chi connectivity index (χ0n) is 11.8. The summed E-state index contributed by atoms with van der Waals surface area (Å²) in [6, 6.07) is 1.53. The maximum absolute atomic E-state index is 11.8. The molecule has 0 aromatic carbocycles. The molecule has 0 aliphatic rings. The molecule has 1 rings (SSSR count). The zero-order chi connectivity index (χ0) is 15.0. The van der Waals surface area contributed by atoms with Crippen LogP contribution in [0.15, 0.2) is 12.3 Å². The van der Waals surface area contributed by atoms with Crippen LogP contribution in [0.1, 0.15) is 37.0 Å². The molecule has 0 saturated heterocycles. The van der Waals surface area contributed by atoms with Crippen LogP contribution in [-0.2, 0) is 4.74 Å². The number of carbonyl (C=O) groups excluding carboxylic acids is 1. The van der Waals surface area contributed by atoms with E-state index in [4.69, 9.17) is 22.2 Å². The summed E-state index contributed by atoms with van der Waals surface area (Å²) in [6.07, 6.45) is 3.45. The molecule has 0 bridgehead atoms. The number of hydrogen-bond acceptors (Lipinski definition) is 5. The number of aromatic nitrogens is 1. The van der Waals surface area contributed by atoms with Crippen molar-refractivity contribution in [3.05, 3.63) is 22.8 Å². The van der Waals surface area contributed by atoms with Gasteiger partial charge in [0, 0.05) is 19.3 Å². The molecule has 0 saturated carbocycles. The van der Waals surface area contributed by atoms with Gasteiger partial charge >= 0.3 is 0 Å². The standard InChI is InChI=1S/C13H21ClN4O2/c1-9(2)20-6-4-3-5-16-13(19)10-7-11(14)12(18-15)17-8-10/h7-9H,3-6,15H2,1-2H3,(H,16,19)(H,17,18). The van der Waals surface area contributed by atoms with Crippen LogP contribution in [0.25, 0.3) is 0 Å². The van der Waals surface area contributed by atoms with Gasteiger partial charge in [-0.15, -0.1) is 0 Å². The molecule has 7 heteroatoms. The fraction of sp³-hybridized carbons (Fsp3) is 0.538. The van der Waals surface area contributed by atoms with E-state index in [1.165, 1.54) is 12.3 Å². The van der Waals surface area contributed by atoms with Gasteiger partial charge in [-0.05, 0) is 32.8 Å². The lowest BCUT2D eigenvalue weighted by atomic mass is 10.2. The number of anilines is 1. The van der Waals surface area contributed by atoms with Crippen LogP contribution in [-0.4, -0.2) is 30.1 Å². The summed E-state index contributed by atoms with van der Waals surface area (Å²) in [5, 5.41) is 3.12. The molecule has 0 aliphatic carbocycles. The molecule has 0 aliphatic heterocycles. The van der Waals surface area contributed by atoms with Crippen LogP contribution in [0.4, 0.5) is 5.82 Å². The highest BCUT2D eigenvalue weighted by Crippen LogP contribution is 2.18. The Morgan fingerprint density at radius 1 is 1.50 bits per heavy atom. The Bertz CT molecular complexity index is 440. The summed E-state index contributed by atoms with van der Waals surface area (Å²) in [7, 11) is 0. The molecule has 0 unspecified atom stereocenters. The van der Waals surface area contributed by atoms with E-state index >= 15 is 0 Å². The summed E-state index contributed by atoms with van der Waals surface area (Å²) < 4.78 is 5.42. The Balaban J connectivity index is 2.31. The molecule has 6 nitrogen and oxygen atoms in total. The first-order valence-electron chi connectivity index (χ1n) is 6.56. The van der Waals surface area contributed by atoms with Gasteiger partial charge in [-0.3, -0.25) is 4.79 Å². The molecular weight excluding hydrogens is 280 g/mol. The van der Waals surface area contributed by atoms with E-state index in [-0.39, 0.29) is 12.0 Å². The van der Waals surface area contributed by atoms with Crippen molar-refractivity contribution >= 4 is 23.3 Å². The van der Waals surface area contributed by atoms with E-state index in [2.05, 4.69) is 15.7 Å². The third-order valence-corrected chi connectivity index (χ3v) is 2.84. The van der Waals surface area contributed by atoms with Gasteiger partial charge in [0.25, 0.3) is 5.91 Å². The number of halogens is 1. The molecule has 1 heterocycles. The normalized spacial score (nSPS) is 10.7. The maximum atomic E-state index is 11.8. The summed E-state index contributed by atoms with van der Waals surface area (Å²) in [5.74, 6) is 5.36. The van der Waals surface area contributed by atoms with Crippen LogP contribution >= 0.6 is 11.6 Å². The molecule has 112 valence electrons. The fourth-order valence-corrected chi connectivity index (χ4v) is 1.74. The number of amides is 1. The summed E-state index contributed by atoms with van der Waals surface area (Å²) in [5.41, 5.74) is 2.76. The predicted molar refractivity (Wildman–Crippen MR) is 79.7 cm³/mol. The van der Waals surface area contributed by atoms with Gasteiger partial charge < -0.3 is 15.5 Å². The smallest absolute Gasteiger partial charge is 0.252 e. The van der Waals surface area contributed by atoms with Gasteiger partial charge in [-0.25, -0.2) is 10.8 Å². The summed E-state index contributed by atoms with van der Waals surface area (Å²) >= 11 is 5.90. The van der Waals surface area contributed by atoms with Crippen LogP contribution in [0.2, 0.25) is 5.02 Å². The van der Waals surface area contributed by atoms with E-state index in [0.717, 1.165) is 12.8 Å². The number of pyridine rings is 1. The second-order valence-electron chi connectivity index (χ2n) is 4.58. The number of rotatable bonds is 8. The molecule has 1 amide bonds. The minimum atomic E-state index is -0.201. The van der Waals surface area contributed by atoms with E-state index in [0.29, 0.717) is 29.6 Å². The van der Waals surface area contributed by atoms with Gasteiger partial charge in [0.1, 0.15) is 0 Å².